The molecule has 0 bridgehead atoms. The van der Waals surface area contributed by atoms with E-state index in [1.54, 1.807) is 6.07 Å². The number of hydrogen-bond donors (Lipinski definition) is 2. The number of nitrogens with zero attached hydrogens (tertiary/aromatic N) is 3. The molecule has 0 aliphatic carbocycles. The first-order valence-electron chi connectivity index (χ1n) is 9.79. The molecule has 2 N–H and O–H groups in total. The van der Waals surface area contributed by atoms with Crippen LogP contribution < -0.4 is 10.1 Å². The highest BCUT2D eigenvalue weighted by Gasteiger charge is 2.20. The number of fused-ring (bicyclic) bond motifs is 1. The maximum Gasteiger partial charge on any atom is 0.150 e. The van der Waals surface area contributed by atoms with E-state index in [-0.39, 0.29) is 5.75 Å². The number of aliphatic hydroxyl groups excluding tert-OH is 1. The zero-order chi connectivity index (χ0) is 22.0. The van der Waals surface area contributed by atoms with Gasteiger partial charge in [-0.1, -0.05) is 0 Å². The molecule has 164 valence electrons. The summed E-state index contributed by atoms with van der Waals surface area (Å²) >= 11 is 0. The van der Waals surface area contributed by atoms with Crippen molar-refractivity contribution in [3.63, 3.8) is 0 Å². The summed E-state index contributed by atoms with van der Waals surface area (Å²) in [6.45, 7) is 0.408. The van der Waals surface area contributed by atoms with E-state index >= 15 is 0 Å². The molecular weight excluding hydrogens is 426 g/mol. The Morgan fingerprint density at radius 3 is 2.77 bits per heavy atom. The smallest absolute Gasteiger partial charge is 0.150 e. The number of halogens is 2. The Kier molecular flexibility index (Phi) is 6.01. The lowest BCUT2D eigenvalue weighted by atomic mass is 10.1. The molecule has 0 saturated carbocycles. The lowest BCUT2D eigenvalue weighted by Gasteiger charge is -2.19. The summed E-state index contributed by atoms with van der Waals surface area (Å²) in [6.07, 6.45) is 1.19. The minimum Gasteiger partial charge on any atom is -0.483 e. The van der Waals surface area contributed by atoms with E-state index in [2.05, 4.69) is 19.6 Å². The van der Waals surface area contributed by atoms with Crippen molar-refractivity contribution >= 4 is 37.8 Å². The standard InChI is InChI=1S/C21H22F2N4O3S/c1-13-7-15(27-31(29)5-2-6-31)9-18-20(13)21(25-12-24-18)26-17-4-3-14(23)8-19(17)30-16(10-22)11-28/h3-4,7-9,12,16,28H,2,5-6,10-11H2,1H3,(H,24,25,26). The number of aryl methyl sites for hydroxylation is 1. The van der Waals surface area contributed by atoms with Crippen molar-refractivity contribution in [1.82, 2.24) is 9.97 Å². The number of ether oxygens (including phenoxy) is 1. The van der Waals surface area contributed by atoms with E-state index in [4.69, 9.17) is 4.74 Å². The second kappa shape index (κ2) is 8.72. The quantitative estimate of drug-likeness (QED) is 0.566. The fourth-order valence-corrected chi connectivity index (χ4v) is 4.77. The fourth-order valence-electron chi connectivity index (χ4n) is 3.32. The van der Waals surface area contributed by atoms with E-state index in [9.17, 15) is 18.1 Å². The van der Waals surface area contributed by atoms with E-state index in [1.807, 2.05) is 13.0 Å². The molecule has 1 atom stereocenters. The predicted octanol–water partition coefficient (Wildman–Crippen LogP) is 4.03. The molecule has 2 heterocycles. The molecule has 7 nitrogen and oxygen atoms in total. The minimum atomic E-state index is -2.15. The highest BCUT2D eigenvalue weighted by molar-refractivity contribution is 7.95. The molecule has 3 aromatic rings. The number of benzene rings is 2. The monoisotopic (exact) mass is 448 g/mol. The number of alkyl halides is 1. The van der Waals surface area contributed by atoms with Gasteiger partial charge in [-0.25, -0.2) is 23.0 Å². The van der Waals surface area contributed by atoms with Crippen molar-refractivity contribution in [1.29, 1.82) is 0 Å². The van der Waals surface area contributed by atoms with Crippen molar-refractivity contribution < 1.29 is 22.8 Å². The van der Waals surface area contributed by atoms with Gasteiger partial charge in [0.1, 0.15) is 36.5 Å². The van der Waals surface area contributed by atoms with Crippen molar-refractivity contribution in [2.45, 2.75) is 19.4 Å². The van der Waals surface area contributed by atoms with Crippen LogP contribution in [0.4, 0.5) is 26.0 Å². The number of rotatable bonds is 7. The van der Waals surface area contributed by atoms with Crippen LogP contribution in [0.15, 0.2) is 41.0 Å². The SMILES string of the molecule is Cc1cc(N=S2(=O)CCC2)cc2ncnc(Nc3ccc(F)cc3OC(CO)CF)c12. The normalized spacial score (nSPS) is 15.9. The average molecular weight is 448 g/mol. The minimum absolute atomic E-state index is 0.0506. The van der Waals surface area contributed by atoms with Gasteiger partial charge in [-0.2, -0.15) is 4.36 Å². The summed E-state index contributed by atoms with van der Waals surface area (Å²) < 4.78 is 49.1. The van der Waals surface area contributed by atoms with Crippen molar-refractivity contribution in [3.8, 4) is 5.75 Å². The molecule has 0 radical (unpaired) electrons. The molecule has 4 rings (SSSR count). The fraction of sp³-hybridized carbons (Fsp3) is 0.333. The number of aliphatic hydroxyl groups is 1. The maximum absolute atomic E-state index is 13.8. The maximum atomic E-state index is 13.8. The molecular formula is C21H22F2N4O3S. The third-order valence-electron chi connectivity index (χ3n) is 4.98. The van der Waals surface area contributed by atoms with Crippen LogP contribution in [0.1, 0.15) is 12.0 Å². The molecule has 1 unspecified atom stereocenters. The molecule has 2 aromatic carbocycles. The Balaban J connectivity index is 1.73. The van der Waals surface area contributed by atoms with Crippen LogP contribution in [0.3, 0.4) is 0 Å². The second-order valence-corrected chi connectivity index (χ2v) is 9.89. The Bertz CT molecular complexity index is 1230. The lowest BCUT2D eigenvalue weighted by molar-refractivity contribution is 0.0935. The molecule has 1 aliphatic heterocycles. The molecule has 1 aliphatic rings. The summed E-state index contributed by atoms with van der Waals surface area (Å²) in [4.78, 5) is 8.61. The summed E-state index contributed by atoms with van der Waals surface area (Å²) in [5, 5.41) is 13.0. The van der Waals surface area contributed by atoms with Gasteiger partial charge in [0.2, 0.25) is 0 Å². The van der Waals surface area contributed by atoms with Crippen LogP contribution in [0.5, 0.6) is 5.75 Å². The molecule has 0 spiro atoms. The molecule has 10 heteroatoms. The molecule has 1 aromatic heterocycles. The molecule has 1 saturated heterocycles. The number of nitrogens with one attached hydrogen (secondary N) is 1. The predicted molar refractivity (Wildman–Crippen MR) is 116 cm³/mol. The average Bonchev–Trinajstić information content (AvgIpc) is 2.72. The number of aromatic nitrogens is 2. The third-order valence-corrected chi connectivity index (χ3v) is 7.38. The zero-order valence-corrected chi connectivity index (χ0v) is 17.7. The van der Waals surface area contributed by atoms with Gasteiger partial charge in [-0.05, 0) is 43.2 Å². The molecule has 0 amide bonds. The summed E-state index contributed by atoms with van der Waals surface area (Å²) in [5.41, 5.74) is 2.40. The van der Waals surface area contributed by atoms with Crippen LogP contribution in [0.2, 0.25) is 0 Å². The Morgan fingerprint density at radius 1 is 1.29 bits per heavy atom. The van der Waals surface area contributed by atoms with Crippen LogP contribution in [0.25, 0.3) is 10.9 Å². The topological polar surface area (TPSA) is 96.7 Å². The number of hydrogen-bond acceptors (Lipinski definition) is 7. The summed E-state index contributed by atoms with van der Waals surface area (Å²) in [5.74, 6) is 1.16. The summed E-state index contributed by atoms with van der Waals surface area (Å²) in [7, 11) is -2.15. The molecule has 31 heavy (non-hydrogen) atoms. The van der Waals surface area contributed by atoms with Gasteiger partial charge in [0.15, 0.2) is 0 Å². The van der Waals surface area contributed by atoms with Crippen LogP contribution in [-0.2, 0) is 9.73 Å². The van der Waals surface area contributed by atoms with Crippen molar-refractivity contribution in [2.75, 3.05) is 30.1 Å². The van der Waals surface area contributed by atoms with Gasteiger partial charge in [-0.3, -0.25) is 0 Å². The number of anilines is 2. The van der Waals surface area contributed by atoms with Crippen LogP contribution in [0, 0.1) is 12.7 Å². The van der Waals surface area contributed by atoms with Crippen LogP contribution in [-0.4, -0.2) is 50.2 Å². The summed E-state index contributed by atoms with van der Waals surface area (Å²) in [6, 6.07) is 7.39. The van der Waals surface area contributed by atoms with Crippen molar-refractivity contribution in [3.05, 3.63) is 48.0 Å². The van der Waals surface area contributed by atoms with Gasteiger partial charge in [0.05, 0.1) is 33.2 Å². The van der Waals surface area contributed by atoms with E-state index in [0.29, 0.717) is 39.6 Å². The van der Waals surface area contributed by atoms with Gasteiger partial charge >= 0.3 is 0 Å². The highest BCUT2D eigenvalue weighted by atomic mass is 32.2. The highest BCUT2D eigenvalue weighted by Crippen LogP contribution is 2.34. The Morgan fingerprint density at radius 2 is 2.10 bits per heavy atom. The van der Waals surface area contributed by atoms with E-state index in [1.165, 1.54) is 18.5 Å². The van der Waals surface area contributed by atoms with E-state index < -0.39 is 34.9 Å². The van der Waals surface area contributed by atoms with Gasteiger partial charge in [-0.15, -0.1) is 0 Å². The van der Waals surface area contributed by atoms with Crippen molar-refractivity contribution in [2.24, 2.45) is 4.36 Å². The van der Waals surface area contributed by atoms with E-state index in [0.717, 1.165) is 18.1 Å². The van der Waals surface area contributed by atoms with Gasteiger partial charge < -0.3 is 15.2 Å². The first-order chi connectivity index (χ1) is 14.9. The lowest BCUT2D eigenvalue weighted by Crippen LogP contribution is -2.23. The Labute approximate surface area is 178 Å². The second-order valence-electron chi connectivity index (χ2n) is 7.35. The third kappa shape index (κ3) is 4.59. The van der Waals surface area contributed by atoms with Gasteiger partial charge in [0.25, 0.3) is 0 Å². The van der Waals surface area contributed by atoms with Crippen LogP contribution >= 0.6 is 0 Å². The largest absolute Gasteiger partial charge is 0.483 e. The first kappa shape index (κ1) is 21.4. The first-order valence-corrected chi connectivity index (χ1v) is 11.6. The Hall–Kier alpha value is -2.85. The molecule has 1 fully saturated rings. The van der Waals surface area contributed by atoms with Gasteiger partial charge in [0, 0.05) is 23.0 Å². The zero-order valence-electron chi connectivity index (χ0n) is 16.8.